The summed E-state index contributed by atoms with van der Waals surface area (Å²) >= 11 is 0. The molecule has 7 rings (SSSR count). The van der Waals surface area contributed by atoms with E-state index in [-0.39, 0.29) is 23.6 Å². The van der Waals surface area contributed by atoms with Crippen LogP contribution in [-0.4, -0.2) is 37.6 Å². The average molecular weight is 621 g/mol. The number of hydrogen-bond donors (Lipinski definition) is 1. The number of alkyl halides is 2. The van der Waals surface area contributed by atoms with Crippen LogP contribution < -0.4 is 10.9 Å². The molecule has 8 bridgehead atoms. The molecule has 0 amide bonds. The van der Waals surface area contributed by atoms with Crippen molar-refractivity contribution in [1.82, 2.24) is 19.4 Å². The van der Waals surface area contributed by atoms with Gasteiger partial charge in [-0.1, -0.05) is 37.5 Å². The number of benzene rings is 1. The summed E-state index contributed by atoms with van der Waals surface area (Å²) in [5.41, 5.74) is -1.09. The number of fused-ring (bicyclic) bond motifs is 9. The van der Waals surface area contributed by atoms with Crippen molar-refractivity contribution in [3.05, 3.63) is 63.5 Å². The fourth-order valence-electron chi connectivity index (χ4n) is 7.88. The highest BCUT2D eigenvalue weighted by Crippen LogP contribution is 2.49. The van der Waals surface area contributed by atoms with E-state index in [0.29, 0.717) is 48.2 Å². The van der Waals surface area contributed by atoms with Crippen molar-refractivity contribution < 1.29 is 13.2 Å². The van der Waals surface area contributed by atoms with Crippen molar-refractivity contribution in [3.8, 4) is 6.07 Å². The molecule has 2 aromatic heterocycles. The predicted octanol–water partition coefficient (Wildman–Crippen LogP) is 7.59. The molecule has 4 aliphatic rings. The van der Waals surface area contributed by atoms with Crippen LogP contribution in [0, 0.1) is 23.1 Å². The van der Waals surface area contributed by atoms with Gasteiger partial charge in [-0.2, -0.15) is 5.26 Å². The fourth-order valence-corrected chi connectivity index (χ4v) is 7.88. The number of hydrogen-bond acceptors (Lipinski definition) is 6. The molecule has 2 fully saturated rings. The van der Waals surface area contributed by atoms with Gasteiger partial charge in [0.05, 0.1) is 28.5 Å². The zero-order chi connectivity index (χ0) is 32.1. The second-order valence-corrected chi connectivity index (χ2v) is 14.1. The number of anilines is 1. The van der Waals surface area contributed by atoms with E-state index < -0.39 is 40.2 Å². The third kappa shape index (κ3) is 5.62. The van der Waals surface area contributed by atoms with E-state index >= 15 is 13.2 Å². The van der Waals surface area contributed by atoms with Gasteiger partial charge in [0.15, 0.2) is 0 Å². The summed E-state index contributed by atoms with van der Waals surface area (Å²) < 4.78 is 50.4. The van der Waals surface area contributed by atoms with Gasteiger partial charge >= 0.3 is 0 Å². The Morgan fingerprint density at radius 3 is 2.42 bits per heavy atom. The molecule has 3 unspecified atom stereocenters. The molecule has 1 saturated carbocycles. The third-order valence-electron chi connectivity index (χ3n) is 10.5. The van der Waals surface area contributed by atoms with Crippen molar-refractivity contribution in [1.29, 1.82) is 5.26 Å². The van der Waals surface area contributed by atoms with Crippen LogP contribution >= 0.6 is 0 Å². The Morgan fingerprint density at radius 2 is 1.73 bits per heavy atom. The molecule has 10 heteroatoms. The standard InChI is InChI=1S/C35H43F3N6O/c1-22-17-24-19-33(3,4)44(22)16-9-7-5-6-8-15-43-31-26(18-28(32(43)45)34(20-39)13-14-34)30(40-21-41-31)42-23(2)25-11-10-12-27(29(25)36)35(24,37)38/h10-12,18,21-24H,5-9,13-17,19H2,1-4H3,(H,40,41,42)/t22?,23-,24?/m1/s1. The van der Waals surface area contributed by atoms with Gasteiger partial charge in [-0.15, -0.1) is 0 Å². The number of pyridine rings is 1. The molecule has 1 saturated heterocycles. The topological polar surface area (TPSA) is 86.8 Å². The molecule has 3 aliphatic heterocycles. The lowest BCUT2D eigenvalue weighted by atomic mass is 9.74. The lowest BCUT2D eigenvalue weighted by molar-refractivity contribution is -0.124. The molecule has 1 aromatic carbocycles. The Hall–Kier alpha value is -3.45. The molecule has 1 aliphatic carbocycles. The van der Waals surface area contributed by atoms with Crippen molar-refractivity contribution >= 4 is 16.9 Å². The van der Waals surface area contributed by atoms with Crippen LogP contribution in [0.15, 0.2) is 35.4 Å². The molecular formula is C35H43F3N6O. The Balaban J connectivity index is 1.44. The summed E-state index contributed by atoms with van der Waals surface area (Å²) in [6.45, 7) is 9.06. The molecular weight excluding hydrogens is 577 g/mol. The molecule has 0 radical (unpaired) electrons. The number of nitrogens with zero attached hydrogens (tertiary/aromatic N) is 5. The number of aromatic nitrogens is 3. The zero-order valence-corrected chi connectivity index (χ0v) is 26.7. The quantitative estimate of drug-likeness (QED) is 0.302. The third-order valence-corrected chi connectivity index (χ3v) is 10.5. The van der Waals surface area contributed by atoms with Crippen LogP contribution in [0.5, 0.6) is 0 Å². The highest BCUT2D eigenvalue weighted by Gasteiger charge is 2.51. The van der Waals surface area contributed by atoms with Crippen LogP contribution in [0.3, 0.4) is 0 Å². The van der Waals surface area contributed by atoms with E-state index in [0.717, 1.165) is 38.6 Å². The van der Waals surface area contributed by atoms with E-state index in [1.807, 2.05) is 20.8 Å². The van der Waals surface area contributed by atoms with Gasteiger partial charge < -0.3 is 5.32 Å². The van der Waals surface area contributed by atoms with Crippen molar-refractivity contribution in [2.24, 2.45) is 5.92 Å². The van der Waals surface area contributed by atoms with Crippen molar-refractivity contribution in [2.75, 3.05) is 11.9 Å². The normalized spacial score (nSPS) is 27.7. The van der Waals surface area contributed by atoms with E-state index in [1.165, 1.54) is 24.5 Å². The molecule has 5 heterocycles. The fraction of sp³-hybridized carbons (Fsp3) is 0.600. The maximum Gasteiger partial charge on any atom is 0.278 e. The van der Waals surface area contributed by atoms with Crippen LogP contribution in [0.4, 0.5) is 19.0 Å². The average Bonchev–Trinajstić information content (AvgIpc) is 3.79. The van der Waals surface area contributed by atoms with Crippen LogP contribution in [0.2, 0.25) is 0 Å². The minimum Gasteiger partial charge on any atom is -0.363 e. The van der Waals surface area contributed by atoms with E-state index in [4.69, 9.17) is 0 Å². The summed E-state index contributed by atoms with van der Waals surface area (Å²) in [6.07, 6.45) is 7.79. The van der Waals surface area contributed by atoms with Gasteiger partial charge in [0.1, 0.15) is 23.6 Å². The second kappa shape index (κ2) is 11.7. The van der Waals surface area contributed by atoms with Gasteiger partial charge in [0, 0.05) is 35.2 Å². The monoisotopic (exact) mass is 620 g/mol. The van der Waals surface area contributed by atoms with E-state index in [9.17, 15) is 10.1 Å². The lowest BCUT2D eigenvalue weighted by Gasteiger charge is -2.51. The Bertz CT molecular complexity index is 1690. The summed E-state index contributed by atoms with van der Waals surface area (Å²) in [7, 11) is 0. The molecule has 4 atom stereocenters. The first-order chi connectivity index (χ1) is 21.4. The van der Waals surface area contributed by atoms with E-state index in [1.54, 1.807) is 17.6 Å². The van der Waals surface area contributed by atoms with Crippen molar-refractivity contribution in [3.63, 3.8) is 0 Å². The van der Waals surface area contributed by atoms with Gasteiger partial charge in [-0.05, 0) is 78.8 Å². The van der Waals surface area contributed by atoms with Gasteiger partial charge in [-0.25, -0.2) is 23.1 Å². The number of aryl methyl sites for hydroxylation is 1. The second-order valence-electron chi connectivity index (χ2n) is 14.1. The highest BCUT2D eigenvalue weighted by atomic mass is 19.3. The lowest BCUT2D eigenvalue weighted by Crippen LogP contribution is -2.56. The SMILES string of the molecule is CC1CC2CC(C)(C)N1CCCCCCCn1c(=O)c(C3(C#N)CC3)cc3c(ncnc31)N[C@H](C)c1cccc(c1F)C2(F)F. The first kappa shape index (κ1) is 31.5. The number of nitrogens with one attached hydrogen (secondary N) is 1. The molecule has 240 valence electrons. The van der Waals surface area contributed by atoms with Gasteiger partial charge in [-0.3, -0.25) is 14.3 Å². The molecule has 1 N–H and O–H groups in total. The van der Waals surface area contributed by atoms with Gasteiger partial charge in [0.25, 0.3) is 11.5 Å². The van der Waals surface area contributed by atoms with Crippen molar-refractivity contribution in [2.45, 2.75) is 121 Å². The number of nitriles is 1. The molecule has 3 aromatic rings. The summed E-state index contributed by atoms with van der Waals surface area (Å²) in [5, 5.41) is 13.7. The first-order valence-electron chi connectivity index (χ1n) is 16.4. The summed E-state index contributed by atoms with van der Waals surface area (Å²) in [5.74, 6) is -4.89. The molecule has 7 nitrogen and oxygen atoms in total. The Kier molecular flexibility index (Phi) is 8.22. The maximum absolute atomic E-state index is 16.3. The summed E-state index contributed by atoms with van der Waals surface area (Å²) in [4.78, 5) is 25.0. The van der Waals surface area contributed by atoms with E-state index in [2.05, 4.69) is 26.3 Å². The van der Waals surface area contributed by atoms with Crippen LogP contribution in [0.1, 0.15) is 108 Å². The minimum absolute atomic E-state index is 0.0556. The maximum atomic E-state index is 16.3. The zero-order valence-electron chi connectivity index (χ0n) is 26.7. The highest BCUT2D eigenvalue weighted by molar-refractivity contribution is 5.87. The van der Waals surface area contributed by atoms with Gasteiger partial charge in [0.2, 0.25) is 0 Å². The summed E-state index contributed by atoms with van der Waals surface area (Å²) in [6, 6.07) is 7.50. The largest absolute Gasteiger partial charge is 0.363 e. The Labute approximate surface area is 262 Å². The number of rotatable bonds is 1. The number of piperidine rings is 1. The molecule has 45 heavy (non-hydrogen) atoms. The molecule has 0 spiro atoms. The van der Waals surface area contributed by atoms with Crippen LogP contribution in [-0.2, 0) is 17.9 Å². The number of halogens is 3. The smallest absolute Gasteiger partial charge is 0.278 e. The first-order valence-corrected chi connectivity index (χ1v) is 16.4. The minimum atomic E-state index is -3.35. The predicted molar refractivity (Wildman–Crippen MR) is 169 cm³/mol. The Morgan fingerprint density at radius 1 is 1.02 bits per heavy atom. The van der Waals surface area contributed by atoms with Crippen LogP contribution in [0.25, 0.3) is 11.0 Å².